The zero-order valence-corrected chi connectivity index (χ0v) is 14.9. The van der Waals surface area contributed by atoms with E-state index in [-0.39, 0.29) is 18.3 Å². The molecular formula is C18H23ClN2OS. The molecule has 0 aliphatic carbocycles. The summed E-state index contributed by atoms with van der Waals surface area (Å²) in [5.41, 5.74) is 7.62. The fourth-order valence-corrected chi connectivity index (χ4v) is 2.70. The molecule has 124 valence electrons. The number of benzene rings is 2. The summed E-state index contributed by atoms with van der Waals surface area (Å²) in [5.74, 6) is 0.0500. The number of nitrogens with zero attached hydrogens (tertiary/aromatic N) is 1. The van der Waals surface area contributed by atoms with Gasteiger partial charge in [-0.1, -0.05) is 30.3 Å². The first-order valence-corrected chi connectivity index (χ1v) is 8.64. The van der Waals surface area contributed by atoms with Gasteiger partial charge in [0, 0.05) is 30.1 Å². The van der Waals surface area contributed by atoms with E-state index in [0.29, 0.717) is 19.6 Å². The van der Waals surface area contributed by atoms with E-state index in [1.807, 2.05) is 53.6 Å². The Bertz CT molecular complexity index is 590. The first-order chi connectivity index (χ1) is 10.7. The van der Waals surface area contributed by atoms with Crippen molar-refractivity contribution >= 4 is 30.1 Å². The molecule has 2 N–H and O–H groups in total. The largest absolute Gasteiger partial charge is 0.337 e. The van der Waals surface area contributed by atoms with Gasteiger partial charge < -0.3 is 10.6 Å². The maximum absolute atomic E-state index is 12.6. The van der Waals surface area contributed by atoms with E-state index in [4.69, 9.17) is 5.73 Å². The summed E-state index contributed by atoms with van der Waals surface area (Å²) >= 11 is 1.67. The second kappa shape index (κ2) is 10.3. The van der Waals surface area contributed by atoms with E-state index in [1.54, 1.807) is 11.8 Å². The second-order valence-corrected chi connectivity index (χ2v) is 5.92. The highest BCUT2D eigenvalue weighted by atomic mass is 35.5. The first-order valence-electron chi connectivity index (χ1n) is 7.42. The Morgan fingerprint density at radius 1 is 1.04 bits per heavy atom. The third kappa shape index (κ3) is 5.90. The molecular weight excluding hydrogens is 328 g/mol. The summed E-state index contributed by atoms with van der Waals surface area (Å²) in [5, 5.41) is 0. The summed E-state index contributed by atoms with van der Waals surface area (Å²) < 4.78 is 0. The van der Waals surface area contributed by atoms with Gasteiger partial charge in [0.05, 0.1) is 0 Å². The number of nitrogens with two attached hydrogens (primary N) is 1. The summed E-state index contributed by atoms with van der Waals surface area (Å²) in [6, 6.07) is 17.9. The van der Waals surface area contributed by atoms with E-state index >= 15 is 0 Å². The second-order valence-electron chi connectivity index (χ2n) is 5.04. The fourth-order valence-electron chi connectivity index (χ4n) is 2.30. The fraction of sp³-hybridized carbons (Fsp3) is 0.278. The molecule has 2 aromatic rings. The molecule has 0 saturated carbocycles. The van der Waals surface area contributed by atoms with Crippen LogP contribution in [0.1, 0.15) is 15.9 Å². The third-order valence-electron chi connectivity index (χ3n) is 3.54. The van der Waals surface area contributed by atoms with E-state index < -0.39 is 0 Å². The van der Waals surface area contributed by atoms with Crippen molar-refractivity contribution in [3.05, 3.63) is 65.7 Å². The number of carbonyl (C=O) groups excluding carboxylic acids is 1. The Morgan fingerprint density at radius 3 is 2.26 bits per heavy atom. The number of hydrogen-bond donors (Lipinski definition) is 1. The van der Waals surface area contributed by atoms with Crippen molar-refractivity contribution in [3.63, 3.8) is 0 Å². The standard InChI is InChI=1S/C18H22N2OS.ClH/c1-22-17-9-7-16(8-10-17)18(21)20(14-12-19)13-11-15-5-3-2-4-6-15;/h2-10H,11-14,19H2,1H3;1H. The average Bonchev–Trinajstić information content (AvgIpc) is 2.59. The lowest BCUT2D eigenvalue weighted by Gasteiger charge is -2.22. The molecule has 0 atom stereocenters. The number of rotatable bonds is 7. The van der Waals surface area contributed by atoms with Crippen LogP contribution in [0, 0.1) is 0 Å². The van der Waals surface area contributed by atoms with Gasteiger partial charge in [-0.05, 0) is 42.5 Å². The van der Waals surface area contributed by atoms with Gasteiger partial charge in [-0.15, -0.1) is 24.2 Å². The lowest BCUT2D eigenvalue weighted by atomic mass is 10.1. The average molecular weight is 351 g/mol. The van der Waals surface area contributed by atoms with Crippen molar-refractivity contribution < 1.29 is 4.79 Å². The Kier molecular flexibility index (Phi) is 8.77. The van der Waals surface area contributed by atoms with Gasteiger partial charge >= 0.3 is 0 Å². The molecule has 0 unspecified atom stereocenters. The molecule has 0 bridgehead atoms. The van der Waals surface area contributed by atoms with Crippen LogP contribution in [-0.4, -0.2) is 36.7 Å². The first kappa shape index (κ1) is 19.6. The van der Waals surface area contributed by atoms with Gasteiger partial charge in [-0.2, -0.15) is 0 Å². The highest BCUT2D eigenvalue weighted by molar-refractivity contribution is 7.98. The van der Waals surface area contributed by atoms with Gasteiger partial charge in [-0.3, -0.25) is 4.79 Å². The zero-order chi connectivity index (χ0) is 15.8. The smallest absolute Gasteiger partial charge is 0.253 e. The number of amides is 1. The predicted octanol–water partition coefficient (Wildman–Crippen LogP) is 3.47. The van der Waals surface area contributed by atoms with Gasteiger partial charge in [0.25, 0.3) is 5.91 Å². The Labute approximate surface area is 148 Å². The van der Waals surface area contributed by atoms with Crippen LogP contribution in [0.15, 0.2) is 59.5 Å². The van der Waals surface area contributed by atoms with Crippen molar-refractivity contribution in [2.75, 3.05) is 25.9 Å². The Morgan fingerprint density at radius 2 is 1.70 bits per heavy atom. The SMILES string of the molecule is CSc1ccc(C(=O)N(CCN)CCc2ccccc2)cc1.Cl. The van der Waals surface area contributed by atoms with Gasteiger partial charge in [0.2, 0.25) is 0 Å². The molecule has 0 spiro atoms. The number of thioether (sulfide) groups is 1. The van der Waals surface area contributed by atoms with Gasteiger partial charge in [0.15, 0.2) is 0 Å². The van der Waals surface area contributed by atoms with Crippen molar-refractivity contribution in [1.29, 1.82) is 0 Å². The molecule has 0 aliphatic heterocycles. The van der Waals surface area contributed by atoms with Crippen molar-refractivity contribution in [1.82, 2.24) is 4.90 Å². The van der Waals surface area contributed by atoms with Crippen molar-refractivity contribution in [2.45, 2.75) is 11.3 Å². The molecule has 0 heterocycles. The lowest BCUT2D eigenvalue weighted by Crippen LogP contribution is -2.36. The summed E-state index contributed by atoms with van der Waals surface area (Å²) in [6.45, 7) is 1.74. The van der Waals surface area contributed by atoms with Crippen LogP contribution < -0.4 is 5.73 Å². The van der Waals surface area contributed by atoms with E-state index in [9.17, 15) is 4.79 Å². The van der Waals surface area contributed by atoms with Crippen LogP contribution >= 0.6 is 24.2 Å². The van der Waals surface area contributed by atoms with Crippen molar-refractivity contribution in [3.8, 4) is 0 Å². The minimum atomic E-state index is 0. The molecule has 0 aromatic heterocycles. The molecule has 0 radical (unpaired) electrons. The maximum atomic E-state index is 12.6. The third-order valence-corrected chi connectivity index (χ3v) is 4.28. The van der Waals surface area contributed by atoms with E-state index in [0.717, 1.165) is 16.9 Å². The van der Waals surface area contributed by atoms with Crippen LogP contribution in [0.3, 0.4) is 0 Å². The molecule has 5 heteroatoms. The topological polar surface area (TPSA) is 46.3 Å². The van der Waals surface area contributed by atoms with Crippen LogP contribution in [0.5, 0.6) is 0 Å². The summed E-state index contributed by atoms with van der Waals surface area (Å²) in [6.07, 6.45) is 2.87. The maximum Gasteiger partial charge on any atom is 0.253 e. The highest BCUT2D eigenvalue weighted by Crippen LogP contribution is 2.16. The molecule has 0 fully saturated rings. The van der Waals surface area contributed by atoms with Gasteiger partial charge in [-0.25, -0.2) is 0 Å². The molecule has 1 amide bonds. The minimum absolute atomic E-state index is 0. The summed E-state index contributed by atoms with van der Waals surface area (Å²) in [4.78, 5) is 15.6. The quantitative estimate of drug-likeness (QED) is 0.778. The van der Waals surface area contributed by atoms with Crippen molar-refractivity contribution in [2.24, 2.45) is 5.73 Å². The Balaban J connectivity index is 0.00000264. The molecule has 2 aromatic carbocycles. The number of halogens is 1. The normalized spacial score (nSPS) is 10.0. The van der Waals surface area contributed by atoms with Gasteiger partial charge in [0.1, 0.15) is 0 Å². The monoisotopic (exact) mass is 350 g/mol. The predicted molar refractivity (Wildman–Crippen MR) is 101 cm³/mol. The molecule has 0 aliphatic rings. The van der Waals surface area contributed by atoms with Crippen LogP contribution in [0.4, 0.5) is 0 Å². The number of hydrogen-bond acceptors (Lipinski definition) is 3. The molecule has 3 nitrogen and oxygen atoms in total. The van der Waals surface area contributed by atoms with Crippen LogP contribution in [0.2, 0.25) is 0 Å². The van der Waals surface area contributed by atoms with E-state index in [2.05, 4.69) is 12.1 Å². The Hall–Kier alpha value is -1.49. The lowest BCUT2D eigenvalue weighted by molar-refractivity contribution is 0.0762. The number of carbonyl (C=O) groups is 1. The molecule has 2 rings (SSSR count). The van der Waals surface area contributed by atoms with E-state index in [1.165, 1.54) is 5.56 Å². The van der Waals surface area contributed by atoms with Crippen LogP contribution in [0.25, 0.3) is 0 Å². The minimum Gasteiger partial charge on any atom is -0.337 e. The van der Waals surface area contributed by atoms with Crippen LogP contribution in [-0.2, 0) is 6.42 Å². The molecule has 0 saturated heterocycles. The molecule has 23 heavy (non-hydrogen) atoms. The zero-order valence-electron chi connectivity index (χ0n) is 13.3. The summed E-state index contributed by atoms with van der Waals surface area (Å²) in [7, 11) is 0. The highest BCUT2D eigenvalue weighted by Gasteiger charge is 2.14.